The highest BCUT2D eigenvalue weighted by Crippen LogP contribution is 2.20. The molecule has 21 heavy (non-hydrogen) atoms. The van der Waals surface area contributed by atoms with Gasteiger partial charge in [-0.2, -0.15) is 0 Å². The Balaban J connectivity index is 0.00000400. The summed E-state index contributed by atoms with van der Waals surface area (Å²) in [5.74, 6) is -0.422. The molecule has 0 fully saturated rings. The summed E-state index contributed by atoms with van der Waals surface area (Å²) in [6, 6.07) is 3.94. The molecule has 0 spiro atoms. The highest BCUT2D eigenvalue weighted by atomic mass is 35.5. The minimum absolute atomic E-state index is 0. The zero-order chi connectivity index (χ0) is 14.8. The molecule has 0 bridgehead atoms. The second-order valence-electron chi connectivity index (χ2n) is 3.96. The number of hydrogen-bond acceptors (Lipinski definition) is 4. The SMILES string of the molecule is COCCNCCNC(=O)COc1ccc(F)c(Cl)c1.Cl. The summed E-state index contributed by atoms with van der Waals surface area (Å²) in [6.45, 7) is 2.37. The first-order valence-corrected chi connectivity index (χ1v) is 6.55. The van der Waals surface area contributed by atoms with E-state index in [1.54, 1.807) is 7.11 Å². The van der Waals surface area contributed by atoms with E-state index in [4.69, 9.17) is 21.1 Å². The summed E-state index contributed by atoms with van der Waals surface area (Å²) in [4.78, 5) is 11.5. The normalized spacial score (nSPS) is 9.86. The molecule has 0 aliphatic rings. The Morgan fingerprint density at radius 2 is 2.10 bits per heavy atom. The van der Waals surface area contributed by atoms with Crippen molar-refractivity contribution < 1.29 is 18.7 Å². The minimum Gasteiger partial charge on any atom is -0.484 e. The lowest BCUT2D eigenvalue weighted by Crippen LogP contribution is -2.35. The molecule has 1 aromatic rings. The molecule has 0 heterocycles. The van der Waals surface area contributed by atoms with E-state index in [-0.39, 0.29) is 29.9 Å². The van der Waals surface area contributed by atoms with Crippen molar-refractivity contribution in [3.05, 3.63) is 29.0 Å². The highest BCUT2D eigenvalue weighted by molar-refractivity contribution is 6.30. The summed E-state index contributed by atoms with van der Waals surface area (Å²) >= 11 is 5.60. The van der Waals surface area contributed by atoms with Gasteiger partial charge in [-0.15, -0.1) is 12.4 Å². The molecule has 1 aromatic carbocycles. The molecular formula is C13H19Cl2FN2O3. The lowest BCUT2D eigenvalue weighted by atomic mass is 10.3. The van der Waals surface area contributed by atoms with Gasteiger partial charge in [0.15, 0.2) is 6.61 Å². The van der Waals surface area contributed by atoms with Gasteiger partial charge in [-0.25, -0.2) is 4.39 Å². The molecule has 0 aliphatic heterocycles. The molecule has 1 amide bonds. The smallest absolute Gasteiger partial charge is 0.257 e. The van der Waals surface area contributed by atoms with Gasteiger partial charge in [0.05, 0.1) is 11.6 Å². The molecule has 0 saturated heterocycles. The molecule has 120 valence electrons. The van der Waals surface area contributed by atoms with Crippen molar-refractivity contribution in [1.29, 1.82) is 0 Å². The zero-order valence-electron chi connectivity index (χ0n) is 11.7. The average molecular weight is 341 g/mol. The minimum atomic E-state index is -0.523. The molecule has 0 radical (unpaired) electrons. The standard InChI is InChI=1S/C13H18ClFN2O3.ClH/c1-19-7-6-16-4-5-17-13(18)9-20-10-2-3-12(15)11(14)8-10;/h2-3,8,16H,4-7,9H2,1H3,(H,17,18);1H. The average Bonchev–Trinajstić information content (AvgIpc) is 2.44. The predicted octanol–water partition coefficient (Wildman–Crippen LogP) is 1.63. The Kier molecular flexibility index (Phi) is 11.0. The summed E-state index contributed by atoms with van der Waals surface area (Å²) in [5, 5.41) is 5.73. The molecular weight excluding hydrogens is 322 g/mol. The lowest BCUT2D eigenvalue weighted by Gasteiger charge is -2.08. The maximum Gasteiger partial charge on any atom is 0.257 e. The van der Waals surface area contributed by atoms with Crippen LogP contribution in [0.2, 0.25) is 5.02 Å². The van der Waals surface area contributed by atoms with Crippen LogP contribution >= 0.6 is 24.0 Å². The molecule has 0 unspecified atom stereocenters. The van der Waals surface area contributed by atoms with Crippen molar-refractivity contribution in [2.45, 2.75) is 0 Å². The van der Waals surface area contributed by atoms with Crippen LogP contribution in [0.15, 0.2) is 18.2 Å². The fourth-order valence-corrected chi connectivity index (χ4v) is 1.53. The third kappa shape index (κ3) is 8.72. The van der Waals surface area contributed by atoms with Gasteiger partial charge in [-0.05, 0) is 12.1 Å². The lowest BCUT2D eigenvalue weighted by molar-refractivity contribution is -0.123. The fourth-order valence-electron chi connectivity index (χ4n) is 1.36. The molecule has 8 heteroatoms. The van der Waals surface area contributed by atoms with E-state index in [1.807, 2.05) is 0 Å². The van der Waals surface area contributed by atoms with Gasteiger partial charge < -0.3 is 20.1 Å². The zero-order valence-corrected chi connectivity index (χ0v) is 13.2. The number of amides is 1. The Hall–Kier alpha value is -1.08. The molecule has 0 aromatic heterocycles. The second kappa shape index (κ2) is 11.6. The number of methoxy groups -OCH3 is 1. The molecule has 2 N–H and O–H groups in total. The van der Waals surface area contributed by atoms with E-state index in [0.717, 1.165) is 6.54 Å². The predicted molar refractivity (Wildman–Crippen MR) is 81.9 cm³/mol. The van der Waals surface area contributed by atoms with Gasteiger partial charge in [0.25, 0.3) is 5.91 Å². The number of nitrogens with one attached hydrogen (secondary N) is 2. The third-order valence-electron chi connectivity index (χ3n) is 2.37. The maximum atomic E-state index is 12.9. The number of rotatable bonds is 9. The van der Waals surface area contributed by atoms with Crippen LogP contribution in [0.3, 0.4) is 0 Å². The number of carbonyl (C=O) groups excluding carboxylic acids is 1. The van der Waals surface area contributed by atoms with Crippen LogP contribution in [0.4, 0.5) is 4.39 Å². The summed E-state index contributed by atoms with van der Waals surface area (Å²) < 4.78 is 23.0. The Morgan fingerprint density at radius 3 is 2.76 bits per heavy atom. The first kappa shape index (κ1) is 19.9. The molecule has 0 saturated carbocycles. The van der Waals surface area contributed by atoms with E-state index >= 15 is 0 Å². The van der Waals surface area contributed by atoms with E-state index in [9.17, 15) is 9.18 Å². The number of benzene rings is 1. The first-order valence-electron chi connectivity index (χ1n) is 6.17. The van der Waals surface area contributed by atoms with Crippen LogP contribution in [-0.4, -0.2) is 45.9 Å². The van der Waals surface area contributed by atoms with E-state index in [2.05, 4.69) is 10.6 Å². The van der Waals surface area contributed by atoms with Crippen molar-refractivity contribution in [2.75, 3.05) is 40.0 Å². The number of carbonyl (C=O) groups is 1. The van der Waals surface area contributed by atoms with E-state index in [0.29, 0.717) is 25.4 Å². The van der Waals surface area contributed by atoms with Gasteiger partial charge in [0.1, 0.15) is 11.6 Å². The van der Waals surface area contributed by atoms with Gasteiger partial charge in [0, 0.05) is 32.8 Å². The van der Waals surface area contributed by atoms with Crippen molar-refractivity contribution in [3.63, 3.8) is 0 Å². The second-order valence-corrected chi connectivity index (χ2v) is 4.36. The maximum absolute atomic E-state index is 12.9. The van der Waals surface area contributed by atoms with Gasteiger partial charge in [-0.1, -0.05) is 11.6 Å². The largest absolute Gasteiger partial charge is 0.484 e. The number of halogens is 3. The number of hydrogen-bond donors (Lipinski definition) is 2. The molecule has 0 aliphatic carbocycles. The topological polar surface area (TPSA) is 59.6 Å². The van der Waals surface area contributed by atoms with Crippen molar-refractivity contribution in [1.82, 2.24) is 10.6 Å². The molecule has 0 atom stereocenters. The highest BCUT2D eigenvalue weighted by Gasteiger charge is 2.04. The number of ether oxygens (including phenoxy) is 2. The third-order valence-corrected chi connectivity index (χ3v) is 2.66. The van der Waals surface area contributed by atoms with Crippen LogP contribution in [0.1, 0.15) is 0 Å². The Labute approximate surface area is 134 Å². The van der Waals surface area contributed by atoms with E-state index < -0.39 is 5.82 Å². The van der Waals surface area contributed by atoms with Gasteiger partial charge >= 0.3 is 0 Å². The van der Waals surface area contributed by atoms with Gasteiger partial charge in [-0.3, -0.25) is 4.79 Å². The quantitative estimate of drug-likeness (QED) is 0.671. The van der Waals surface area contributed by atoms with Crippen molar-refractivity contribution in [2.24, 2.45) is 0 Å². The Morgan fingerprint density at radius 1 is 1.33 bits per heavy atom. The van der Waals surface area contributed by atoms with Crippen LogP contribution in [0.5, 0.6) is 5.75 Å². The molecule has 1 rings (SSSR count). The van der Waals surface area contributed by atoms with Crippen LogP contribution in [-0.2, 0) is 9.53 Å². The van der Waals surface area contributed by atoms with Crippen LogP contribution in [0, 0.1) is 5.82 Å². The Bertz CT molecular complexity index is 436. The van der Waals surface area contributed by atoms with Crippen molar-refractivity contribution in [3.8, 4) is 5.75 Å². The van der Waals surface area contributed by atoms with Crippen molar-refractivity contribution >= 4 is 29.9 Å². The van der Waals surface area contributed by atoms with Gasteiger partial charge in [0.2, 0.25) is 0 Å². The molecule has 5 nitrogen and oxygen atoms in total. The summed E-state index contributed by atoms with van der Waals surface area (Å²) in [7, 11) is 1.63. The summed E-state index contributed by atoms with van der Waals surface area (Å²) in [6.07, 6.45) is 0. The monoisotopic (exact) mass is 340 g/mol. The van der Waals surface area contributed by atoms with E-state index in [1.165, 1.54) is 18.2 Å². The van der Waals surface area contributed by atoms with Crippen LogP contribution < -0.4 is 15.4 Å². The summed E-state index contributed by atoms with van der Waals surface area (Å²) in [5.41, 5.74) is 0. The van der Waals surface area contributed by atoms with Crippen LogP contribution in [0.25, 0.3) is 0 Å². The first-order chi connectivity index (χ1) is 9.63. The fraction of sp³-hybridized carbons (Fsp3) is 0.462.